The van der Waals surface area contributed by atoms with Gasteiger partial charge >= 0.3 is 0 Å². The van der Waals surface area contributed by atoms with E-state index >= 15 is 0 Å². The quantitative estimate of drug-likeness (QED) is 0.833. The smallest absolute Gasteiger partial charge is 0.229 e. The first kappa shape index (κ1) is 10.3. The first-order chi connectivity index (χ1) is 7.93. The van der Waals surface area contributed by atoms with Crippen molar-refractivity contribution in [3.63, 3.8) is 0 Å². The fourth-order valence-corrected chi connectivity index (χ4v) is 2.81. The molecule has 1 aliphatic carbocycles. The van der Waals surface area contributed by atoms with E-state index in [0.717, 1.165) is 24.7 Å². The van der Waals surface area contributed by atoms with Crippen LogP contribution in [0.25, 0.3) is 0 Å². The van der Waals surface area contributed by atoms with Crippen molar-refractivity contribution in [3.8, 4) is 0 Å². The second-order valence-electron chi connectivity index (χ2n) is 4.97. The van der Waals surface area contributed by atoms with Gasteiger partial charge in [0.25, 0.3) is 0 Å². The van der Waals surface area contributed by atoms with Crippen molar-refractivity contribution in [1.29, 1.82) is 0 Å². The lowest BCUT2D eigenvalue weighted by Crippen LogP contribution is -2.14. The molecule has 16 heavy (non-hydrogen) atoms. The summed E-state index contributed by atoms with van der Waals surface area (Å²) in [6, 6.07) is 0.334. The van der Waals surface area contributed by atoms with Gasteiger partial charge in [-0.1, -0.05) is 24.4 Å². The van der Waals surface area contributed by atoms with Gasteiger partial charge in [-0.05, 0) is 32.2 Å². The third-order valence-corrected chi connectivity index (χ3v) is 3.78. The lowest BCUT2D eigenvalue weighted by atomic mass is 9.89. The van der Waals surface area contributed by atoms with Crippen LogP contribution >= 0.6 is 0 Å². The zero-order chi connectivity index (χ0) is 10.8. The van der Waals surface area contributed by atoms with Gasteiger partial charge in [-0.25, -0.2) is 0 Å². The second kappa shape index (κ2) is 4.53. The highest BCUT2D eigenvalue weighted by Gasteiger charge is 2.25. The van der Waals surface area contributed by atoms with Crippen molar-refractivity contribution in [2.45, 2.75) is 56.9 Å². The maximum atomic E-state index is 5.42. The van der Waals surface area contributed by atoms with E-state index in [1.165, 1.54) is 38.5 Å². The van der Waals surface area contributed by atoms with Gasteiger partial charge in [0.1, 0.15) is 0 Å². The van der Waals surface area contributed by atoms with Crippen molar-refractivity contribution in [2.24, 2.45) is 0 Å². The Hall–Kier alpha value is -0.900. The van der Waals surface area contributed by atoms with Crippen LogP contribution in [0.5, 0.6) is 0 Å². The Morgan fingerprint density at radius 3 is 2.69 bits per heavy atom. The summed E-state index contributed by atoms with van der Waals surface area (Å²) >= 11 is 0. The first-order valence-corrected chi connectivity index (χ1v) is 6.50. The molecule has 2 fully saturated rings. The van der Waals surface area contributed by atoms with Crippen molar-refractivity contribution in [1.82, 2.24) is 15.5 Å². The van der Waals surface area contributed by atoms with E-state index in [1.54, 1.807) is 0 Å². The summed E-state index contributed by atoms with van der Waals surface area (Å²) in [4.78, 5) is 4.58. The molecule has 3 rings (SSSR count). The molecule has 0 bridgehead atoms. The lowest BCUT2D eigenvalue weighted by molar-refractivity contribution is 0.310. The maximum Gasteiger partial charge on any atom is 0.229 e. The van der Waals surface area contributed by atoms with Crippen LogP contribution in [0, 0.1) is 0 Å². The molecule has 1 unspecified atom stereocenters. The van der Waals surface area contributed by atoms with Gasteiger partial charge in [-0.2, -0.15) is 4.98 Å². The van der Waals surface area contributed by atoms with Gasteiger partial charge in [0.15, 0.2) is 5.82 Å². The molecule has 4 nitrogen and oxygen atoms in total. The zero-order valence-corrected chi connectivity index (χ0v) is 9.61. The predicted molar refractivity (Wildman–Crippen MR) is 60.1 cm³/mol. The third-order valence-electron chi connectivity index (χ3n) is 3.78. The fourth-order valence-electron chi connectivity index (χ4n) is 2.81. The SMILES string of the molecule is C1CCC(c2nc(C3CCCN3)no2)CC1. The van der Waals surface area contributed by atoms with Crippen molar-refractivity contribution < 1.29 is 4.52 Å². The average molecular weight is 221 g/mol. The molecule has 0 spiro atoms. The van der Waals surface area contributed by atoms with Crippen LogP contribution < -0.4 is 5.32 Å². The summed E-state index contributed by atoms with van der Waals surface area (Å²) in [5.74, 6) is 2.28. The minimum atomic E-state index is 0.334. The Bertz CT molecular complexity index is 338. The Morgan fingerprint density at radius 2 is 1.94 bits per heavy atom. The molecule has 4 heteroatoms. The number of aromatic nitrogens is 2. The maximum absolute atomic E-state index is 5.42. The molecule has 1 saturated heterocycles. The molecule has 0 amide bonds. The van der Waals surface area contributed by atoms with Crippen molar-refractivity contribution >= 4 is 0 Å². The van der Waals surface area contributed by atoms with Crippen LogP contribution in [0.15, 0.2) is 4.52 Å². The summed E-state index contributed by atoms with van der Waals surface area (Å²) in [7, 11) is 0. The van der Waals surface area contributed by atoms with E-state index in [2.05, 4.69) is 15.5 Å². The van der Waals surface area contributed by atoms with Gasteiger partial charge in [0.05, 0.1) is 6.04 Å². The summed E-state index contributed by atoms with van der Waals surface area (Å²) in [6.45, 7) is 1.08. The minimum absolute atomic E-state index is 0.334. The molecule has 0 radical (unpaired) electrons. The number of nitrogens with zero attached hydrogens (tertiary/aromatic N) is 2. The van der Waals surface area contributed by atoms with Gasteiger partial charge < -0.3 is 9.84 Å². The minimum Gasteiger partial charge on any atom is -0.339 e. The van der Waals surface area contributed by atoms with Gasteiger partial charge in [-0.3, -0.25) is 0 Å². The second-order valence-corrected chi connectivity index (χ2v) is 4.97. The number of hydrogen-bond donors (Lipinski definition) is 1. The standard InChI is InChI=1S/C12H19N3O/c1-2-5-9(6-3-1)12-14-11(15-16-12)10-7-4-8-13-10/h9-10,13H,1-8H2. The fraction of sp³-hybridized carbons (Fsp3) is 0.833. The van der Waals surface area contributed by atoms with Gasteiger partial charge in [0.2, 0.25) is 5.89 Å². The van der Waals surface area contributed by atoms with Crippen LogP contribution in [0.3, 0.4) is 0 Å². The average Bonchev–Trinajstić information content (AvgIpc) is 3.01. The number of nitrogens with one attached hydrogen (secondary N) is 1. The number of hydrogen-bond acceptors (Lipinski definition) is 4. The van der Waals surface area contributed by atoms with Crippen LogP contribution in [0.4, 0.5) is 0 Å². The van der Waals surface area contributed by atoms with Crippen LogP contribution in [0.1, 0.15) is 68.6 Å². The zero-order valence-electron chi connectivity index (χ0n) is 9.61. The van der Waals surface area contributed by atoms with E-state index < -0.39 is 0 Å². The summed E-state index contributed by atoms with van der Waals surface area (Å²) in [5.41, 5.74) is 0. The first-order valence-electron chi connectivity index (χ1n) is 6.50. The molecule has 1 aromatic heterocycles. The molecule has 2 aliphatic rings. The van der Waals surface area contributed by atoms with Gasteiger partial charge in [-0.15, -0.1) is 0 Å². The highest BCUT2D eigenvalue weighted by molar-refractivity contribution is 5.00. The van der Waals surface area contributed by atoms with Crippen LogP contribution in [-0.4, -0.2) is 16.7 Å². The molecule has 0 aromatic carbocycles. The molecule has 1 aromatic rings. The number of rotatable bonds is 2. The largest absolute Gasteiger partial charge is 0.339 e. The molecule has 1 aliphatic heterocycles. The monoisotopic (exact) mass is 221 g/mol. The Kier molecular flexibility index (Phi) is 2.91. The highest BCUT2D eigenvalue weighted by Crippen LogP contribution is 2.32. The van der Waals surface area contributed by atoms with Crippen molar-refractivity contribution in [2.75, 3.05) is 6.54 Å². The predicted octanol–water partition coefficient (Wildman–Crippen LogP) is 2.54. The molecule has 88 valence electrons. The van der Waals surface area contributed by atoms with E-state index in [1.807, 2.05) is 0 Å². The van der Waals surface area contributed by atoms with Crippen molar-refractivity contribution in [3.05, 3.63) is 11.7 Å². The van der Waals surface area contributed by atoms with E-state index in [0.29, 0.717) is 12.0 Å². The molecule has 1 N–H and O–H groups in total. The summed E-state index contributed by atoms with van der Waals surface area (Å²) in [5, 5.41) is 7.53. The van der Waals surface area contributed by atoms with E-state index in [-0.39, 0.29) is 0 Å². The lowest BCUT2D eigenvalue weighted by Gasteiger charge is -2.17. The molecular formula is C12H19N3O. The molecule has 2 heterocycles. The third kappa shape index (κ3) is 1.98. The topological polar surface area (TPSA) is 51.0 Å². The Labute approximate surface area is 95.8 Å². The Morgan fingerprint density at radius 1 is 1.06 bits per heavy atom. The summed E-state index contributed by atoms with van der Waals surface area (Å²) < 4.78 is 5.42. The Balaban J connectivity index is 1.71. The van der Waals surface area contributed by atoms with Crippen LogP contribution in [0.2, 0.25) is 0 Å². The molecular weight excluding hydrogens is 202 g/mol. The highest BCUT2D eigenvalue weighted by atomic mass is 16.5. The van der Waals surface area contributed by atoms with E-state index in [9.17, 15) is 0 Å². The molecule has 1 atom stereocenters. The normalized spacial score (nSPS) is 27.4. The van der Waals surface area contributed by atoms with Gasteiger partial charge in [0, 0.05) is 5.92 Å². The summed E-state index contributed by atoms with van der Waals surface area (Å²) in [6.07, 6.45) is 8.79. The molecule has 1 saturated carbocycles. The van der Waals surface area contributed by atoms with E-state index in [4.69, 9.17) is 4.52 Å². The van der Waals surface area contributed by atoms with Crippen LogP contribution in [-0.2, 0) is 0 Å².